The molecule has 2 atom stereocenters. The molecule has 1 unspecified atom stereocenters. The maximum absolute atomic E-state index is 11.9. The van der Waals surface area contributed by atoms with Crippen molar-refractivity contribution < 1.29 is 4.79 Å². The summed E-state index contributed by atoms with van der Waals surface area (Å²) in [5.74, 6) is 0.775. The predicted molar refractivity (Wildman–Crippen MR) is 71.6 cm³/mol. The van der Waals surface area contributed by atoms with Crippen LogP contribution in [0.2, 0.25) is 0 Å². The molecule has 1 amide bonds. The van der Waals surface area contributed by atoms with Gasteiger partial charge in [0.05, 0.1) is 0 Å². The quantitative estimate of drug-likeness (QED) is 0.793. The van der Waals surface area contributed by atoms with E-state index < -0.39 is 0 Å². The Kier molecular flexibility index (Phi) is 4.99. The molecule has 100 valence electrons. The van der Waals surface area contributed by atoms with Gasteiger partial charge in [-0.15, -0.1) is 0 Å². The Bertz CT molecular complexity index is 251. The molecular formula is C14H28N2O. The van der Waals surface area contributed by atoms with Crippen LogP contribution in [0.1, 0.15) is 59.8 Å². The minimum absolute atomic E-state index is 0.00602. The molecule has 0 spiro atoms. The lowest BCUT2D eigenvalue weighted by Crippen LogP contribution is -2.43. The van der Waals surface area contributed by atoms with Gasteiger partial charge in [0.2, 0.25) is 5.91 Å². The first-order valence-electron chi connectivity index (χ1n) is 6.85. The van der Waals surface area contributed by atoms with Crippen molar-refractivity contribution in [3.05, 3.63) is 0 Å². The van der Waals surface area contributed by atoms with Crippen LogP contribution in [-0.4, -0.2) is 18.0 Å². The summed E-state index contributed by atoms with van der Waals surface area (Å²) in [6.07, 6.45) is 5.57. The van der Waals surface area contributed by atoms with Crippen molar-refractivity contribution in [2.24, 2.45) is 17.1 Å². The van der Waals surface area contributed by atoms with Crippen LogP contribution in [0.25, 0.3) is 0 Å². The van der Waals surface area contributed by atoms with E-state index in [1.807, 2.05) is 0 Å². The second-order valence-electron chi connectivity index (χ2n) is 6.58. The molecular weight excluding hydrogens is 212 g/mol. The van der Waals surface area contributed by atoms with Crippen molar-refractivity contribution in [1.29, 1.82) is 0 Å². The normalized spacial score (nSPS) is 21.2. The maximum Gasteiger partial charge on any atom is 0.221 e. The van der Waals surface area contributed by atoms with Crippen LogP contribution >= 0.6 is 0 Å². The van der Waals surface area contributed by atoms with Crippen molar-refractivity contribution in [1.82, 2.24) is 5.32 Å². The molecule has 1 aliphatic rings. The van der Waals surface area contributed by atoms with Gasteiger partial charge in [-0.05, 0) is 31.1 Å². The van der Waals surface area contributed by atoms with Gasteiger partial charge in [-0.25, -0.2) is 0 Å². The molecule has 0 radical (unpaired) electrons. The van der Waals surface area contributed by atoms with E-state index in [4.69, 9.17) is 5.73 Å². The number of amides is 1. The molecule has 0 aromatic carbocycles. The summed E-state index contributed by atoms with van der Waals surface area (Å²) in [5, 5.41) is 3.11. The molecule has 0 aromatic rings. The van der Waals surface area contributed by atoms with E-state index in [1.54, 1.807) is 0 Å². The Morgan fingerprint density at radius 2 is 1.88 bits per heavy atom. The maximum atomic E-state index is 11.9. The molecule has 1 saturated carbocycles. The molecule has 3 nitrogen and oxygen atoms in total. The fraction of sp³-hybridized carbons (Fsp3) is 0.929. The first-order valence-corrected chi connectivity index (χ1v) is 6.85. The molecule has 3 heteroatoms. The van der Waals surface area contributed by atoms with Gasteiger partial charge in [0.25, 0.3) is 0 Å². The average molecular weight is 240 g/mol. The number of hydrogen-bond acceptors (Lipinski definition) is 2. The second-order valence-corrected chi connectivity index (χ2v) is 6.58. The van der Waals surface area contributed by atoms with Crippen molar-refractivity contribution in [3.63, 3.8) is 0 Å². The number of hydrogen-bond donors (Lipinski definition) is 2. The Morgan fingerprint density at radius 1 is 1.35 bits per heavy atom. The fourth-order valence-electron chi connectivity index (χ4n) is 2.39. The summed E-state index contributed by atoms with van der Waals surface area (Å²) < 4.78 is 0. The van der Waals surface area contributed by atoms with Crippen molar-refractivity contribution in [2.75, 3.05) is 0 Å². The fourth-order valence-corrected chi connectivity index (χ4v) is 2.39. The number of carbonyl (C=O) groups excluding carboxylic acids is 1. The summed E-state index contributed by atoms with van der Waals surface area (Å²) in [6, 6.07) is 0.232. The summed E-state index contributed by atoms with van der Waals surface area (Å²) in [6.45, 7) is 8.35. The lowest BCUT2D eigenvalue weighted by atomic mass is 9.85. The second kappa shape index (κ2) is 5.85. The summed E-state index contributed by atoms with van der Waals surface area (Å²) in [7, 11) is 0. The zero-order valence-electron chi connectivity index (χ0n) is 11.8. The van der Waals surface area contributed by atoms with E-state index in [0.29, 0.717) is 18.4 Å². The van der Waals surface area contributed by atoms with Crippen LogP contribution in [0.5, 0.6) is 0 Å². The van der Waals surface area contributed by atoms with Gasteiger partial charge in [-0.3, -0.25) is 4.79 Å². The Morgan fingerprint density at radius 3 is 2.35 bits per heavy atom. The van der Waals surface area contributed by atoms with Crippen LogP contribution in [0.15, 0.2) is 0 Å². The summed E-state index contributed by atoms with van der Waals surface area (Å²) in [4.78, 5) is 11.9. The summed E-state index contributed by atoms with van der Waals surface area (Å²) in [5.41, 5.74) is 6.01. The highest BCUT2D eigenvalue weighted by Gasteiger charge is 2.26. The van der Waals surface area contributed by atoms with Crippen LogP contribution in [0.4, 0.5) is 0 Å². The molecule has 1 aliphatic carbocycles. The van der Waals surface area contributed by atoms with E-state index in [2.05, 4.69) is 33.0 Å². The molecule has 0 bridgehead atoms. The molecule has 0 saturated heterocycles. The van der Waals surface area contributed by atoms with Gasteiger partial charge >= 0.3 is 0 Å². The standard InChI is InChI=1S/C14H28N2O/c1-10(11-7-5-6-8-11)16-13(17)9-12(15)14(2,3)4/h10-12H,5-9,15H2,1-4H3,(H,16,17)/t10-,12?/m1/s1. The SMILES string of the molecule is C[C@@H](NC(=O)CC(N)C(C)(C)C)C1CCCC1. The molecule has 17 heavy (non-hydrogen) atoms. The first kappa shape index (κ1) is 14.5. The van der Waals surface area contributed by atoms with E-state index in [-0.39, 0.29) is 17.4 Å². The van der Waals surface area contributed by atoms with Crippen LogP contribution < -0.4 is 11.1 Å². The molecule has 0 aliphatic heterocycles. The highest BCUT2D eigenvalue weighted by molar-refractivity contribution is 5.77. The van der Waals surface area contributed by atoms with Gasteiger partial charge in [0, 0.05) is 18.5 Å². The van der Waals surface area contributed by atoms with Crippen molar-refractivity contribution in [3.8, 4) is 0 Å². The van der Waals surface area contributed by atoms with Crippen LogP contribution in [0, 0.1) is 11.3 Å². The van der Waals surface area contributed by atoms with Gasteiger partial charge in [0.15, 0.2) is 0 Å². The van der Waals surface area contributed by atoms with E-state index in [0.717, 1.165) is 0 Å². The number of carbonyl (C=O) groups is 1. The van der Waals surface area contributed by atoms with E-state index >= 15 is 0 Å². The minimum atomic E-state index is -0.0710. The van der Waals surface area contributed by atoms with Crippen LogP contribution in [-0.2, 0) is 4.79 Å². The number of nitrogens with two attached hydrogens (primary N) is 1. The highest BCUT2D eigenvalue weighted by atomic mass is 16.1. The van der Waals surface area contributed by atoms with Crippen molar-refractivity contribution >= 4 is 5.91 Å². The molecule has 1 fully saturated rings. The third kappa shape index (κ3) is 4.66. The third-order valence-electron chi connectivity index (χ3n) is 4.01. The van der Waals surface area contributed by atoms with Gasteiger partial charge in [-0.1, -0.05) is 33.6 Å². The molecule has 1 rings (SSSR count). The van der Waals surface area contributed by atoms with Crippen molar-refractivity contribution in [2.45, 2.75) is 71.9 Å². The molecule has 0 aromatic heterocycles. The highest BCUT2D eigenvalue weighted by Crippen LogP contribution is 2.27. The predicted octanol–water partition coefficient (Wildman–Crippen LogP) is 2.44. The molecule has 3 N–H and O–H groups in total. The Hall–Kier alpha value is -0.570. The first-order chi connectivity index (χ1) is 7.80. The smallest absolute Gasteiger partial charge is 0.221 e. The third-order valence-corrected chi connectivity index (χ3v) is 4.01. The topological polar surface area (TPSA) is 55.1 Å². The lowest BCUT2D eigenvalue weighted by Gasteiger charge is -2.28. The lowest BCUT2D eigenvalue weighted by molar-refractivity contribution is -0.122. The number of nitrogens with one attached hydrogen (secondary N) is 1. The van der Waals surface area contributed by atoms with Gasteiger partial charge < -0.3 is 11.1 Å². The van der Waals surface area contributed by atoms with E-state index in [9.17, 15) is 4.79 Å². The van der Waals surface area contributed by atoms with Crippen LogP contribution in [0.3, 0.4) is 0 Å². The largest absolute Gasteiger partial charge is 0.353 e. The Balaban J connectivity index is 2.33. The average Bonchev–Trinajstić information content (AvgIpc) is 2.68. The monoisotopic (exact) mass is 240 g/mol. The number of rotatable bonds is 4. The van der Waals surface area contributed by atoms with Gasteiger partial charge in [0.1, 0.15) is 0 Å². The molecule has 0 heterocycles. The zero-order chi connectivity index (χ0) is 13.1. The van der Waals surface area contributed by atoms with Gasteiger partial charge in [-0.2, -0.15) is 0 Å². The summed E-state index contributed by atoms with van der Waals surface area (Å²) >= 11 is 0. The minimum Gasteiger partial charge on any atom is -0.353 e. The van der Waals surface area contributed by atoms with E-state index in [1.165, 1.54) is 25.7 Å². The Labute approximate surface area is 106 Å². The zero-order valence-corrected chi connectivity index (χ0v) is 11.8.